The summed E-state index contributed by atoms with van der Waals surface area (Å²) in [5.74, 6) is 0.0483. The average molecular weight is 461 g/mol. The molecule has 33 heavy (non-hydrogen) atoms. The molecular weight excluding hydrogens is 440 g/mol. The van der Waals surface area contributed by atoms with Crippen molar-refractivity contribution in [1.82, 2.24) is 9.97 Å². The van der Waals surface area contributed by atoms with E-state index in [0.717, 1.165) is 11.3 Å². The third-order valence-electron chi connectivity index (χ3n) is 4.71. The van der Waals surface area contributed by atoms with Crippen molar-refractivity contribution in [2.75, 3.05) is 10.0 Å². The highest BCUT2D eigenvalue weighted by Gasteiger charge is 2.15. The van der Waals surface area contributed by atoms with Crippen LogP contribution in [0.4, 0.5) is 17.2 Å². The van der Waals surface area contributed by atoms with E-state index in [1.165, 1.54) is 24.3 Å². The molecule has 4 rings (SSSR count). The molecule has 0 saturated carbocycles. The summed E-state index contributed by atoms with van der Waals surface area (Å²) in [6, 6.07) is 23.3. The van der Waals surface area contributed by atoms with Crippen molar-refractivity contribution in [3.8, 4) is 11.3 Å². The van der Waals surface area contributed by atoms with Crippen LogP contribution in [0.2, 0.25) is 0 Å². The first kappa shape index (κ1) is 22.0. The van der Waals surface area contributed by atoms with E-state index in [0.29, 0.717) is 23.0 Å². The van der Waals surface area contributed by atoms with E-state index in [1.54, 1.807) is 31.2 Å². The van der Waals surface area contributed by atoms with Gasteiger partial charge >= 0.3 is 5.97 Å². The van der Waals surface area contributed by atoms with Gasteiger partial charge in [0.15, 0.2) is 0 Å². The standard InChI is InChI=1S/C24H20N4O4S/c1-16-25-22(17-6-3-2-4-7-17)15-23(26-16)27-19-8-5-9-20(14-19)28-33(31,32)21-12-10-18(11-13-21)24(29)30/h2-15,28H,1H3,(H,29,30)(H,25,26,27). The van der Waals surface area contributed by atoms with Crippen LogP contribution in [0, 0.1) is 6.92 Å². The molecule has 0 aliphatic carbocycles. The zero-order valence-corrected chi connectivity index (χ0v) is 18.4. The van der Waals surface area contributed by atoms with Crippen LogP contribution in [0.3, 0.4) is 0 Å². The first-order chi connectivity index (χ1) is 15.8. The fraction of sp³-hybridized carbons (Fsp3) is 0.0417. The molecule has 9 heteroatoms. The van der Waals surface area contributed by atoms with Gasteiger partial charge in [-0.25, -0.2) is 23.2 Å². The lowest BCUT2D eigenvalue weighted by molar-refractivity contribution is 0.0696. The van der Waals surface area contributed by atoms with Crippen LogP contribution < -0.4 is 10.0 Å². The van der Waals surface area contributed by atoms with Gasteiger partial charge in [0.1, 0.15) is 11.6 Å². The summed E-state index contributed by atoms with van der Waals surface area (Å²) in [4.78, 5) is 19.8. The summed E-state index contributed by atoms with van der Waals surface area (Å²) in [6.45, 7) is 1.80. The van der Waals surface area contributed by atoms with Crippen molar-refractivity contribution in [1.29, 1.82) is 0 Å². The van der Waals surface area contributed by atoms with Gasteiger partial charge in [0.2, 0.25) is 0 Å². The molecule has 0 spiro atoms. The normalized spacial score (nSPS) is 11.1. The van der Waals surface area contributed by atoms with Gasteiger partial charge in [-0.1, -0.05) is 36.4 Å². The Kier molecular flexibility index (Phi) is 6.05. The summed E-state index contributed by atoms with van der Waals surface area (Å²) in [5, 5.41) is 12.2. The van der Waals surface area contributed by atoms with Crippen LogP contribution in [-0.2, 0) is 10.0 Å². The molecule has 0 bridgehead atoms. The third-order valence-corrected chi connectivity index (χ3v) is 6.10. The molecule has 1 aromatic heterocycles. The molecule has 0 aliphatic rings. The third kappa shape index (κ3) is 5.34. The van der Waals surface area contributed by atoms with Gasteiger partial charge in [-0.2, -0.15) is 0 Å². The maximum absolute atomic E-state index is 12.7. The fourth-order valence-electron chi connectivity index (χ4n) is 3.19. The second kappa shape index (κ2) is 9.09. The molecular formula is C24H20N4O4S. The van der Waals surface area contributed by atoms with Crippen molar-refractivity contribution in [2.24, 2.45) is 0 Å². The number of carbonyl (C=O) groups is 1. The number of carboxylic acids is 1. The minimum absolute atomic E-state index is 0.00941. The number of rotatable bonds is 7. The fourth-order valence-corrected chi connectivity index (χ4v) is 4.24. The Morgan fingerprint density at radius 3 is 2.24 bits per heavy atom. The molecule has 3 aromatic carbocycles. The highest BCUT2D eigenvalue weighted by atomic mass is 32.2. The van der Waals surface area contributed by atoms with E-state index in [9.17, 15) is 13.2 Å². The van der Waals surface area contributed by atoms with Crippen molar-refractivity contribution in [3.05, 3.63) is 96.3 Å². The monoisotopic (exact) mass is 460 g/mol. The molecule has 166 valence electrons. The topological polar surface area (TPSA) is 121 Å². The number of hydrogen-bond acceptors (Lipinski definition) is 6. The predicted octanol–water partition coefficient (Wildman–Crippen LogP) is 4.69. The maximum Gasteiger partial charge on any atom is 0.335 e. The molecule has 1 heterocycles. The SMILES string of the molecule is Cc1nc(Nc2cccc(NS(=O)(=O)c3ccc(C(=O)O)cc3)c2)cc(-c2ccccc2)n1. The minimum atomic E-state index is -3.89. The number of anilines is 3. The zero-order chi connectivity index (χ0) is 23.4. The van der Waals surface area contributed by atoms with Gasteiger partial charge < -0.3 is 10.4 Å². The lowest BCUT2D eigenvalue weighted by atomic mass is 10.1. The van der Waals surface area contributed by atoms with Gasteiger partial charge in [-0.3, -0.25) is 4.72 Å². The number of carboxylic acid groups (broad SMARTS) is 1. The van der Waals surface area contributed by atoms with Crippen LogP contribution in [0.15, 0.2) is 89.8 Å². The van der Waals surface area contributed by atoms with E-state index in [4.69, 9.17) is 5.11 Å². The van der Waals surface area contributed by atoms with Crippen molar-refractivity contribution in [3.63, 3.8) is 0 Å². The summed E-state index contributed by atoms with van der Waals surface area (Å²) in [6.07, 6.45) is 0. The Morgan fingerprint density at radius 2 is 1.55 bits per heavy atom. The molecule has 0 atom stereocenters. The first-order valence-electron chi connectivity index (χ1n) is 9.94. The second-order valence-corrected chi connectivity index (χ2v) is 8.87. The largest absolute Gasteiger partial charge is 0.478 e. The zero-order valence-electron chi connectivity index (χ0n) is 17.6. The van der Waals surface area contributed by atoms with E-state index >= 15 is 0 Å². The number of nitrogens with zero attached hydrogens (tertiary/aromatic N) is 2. The quantitative estimate of drug-likeness (QED) is 0.366. The Hall–Kier alpha value is -4.24. The number of hydrogen-bond donors (Lipinski definition) is 3. The number of nitrogens with one attached hydrogen (secondary N) is 2. The van der Waals surface area contributed by atoms with Crippen LogP contribution in [0.1, 0.15) is 16.2 Å². The van der Waals surface area contributed by atoms with Crippen LogP contribution in [0.5, 0.6) is 0 Å². The molecule has 0 radical (unpaired) electrons. The van der Waals surface area contributed by atoms with Crippen molar-refractivity contribution < 1.29 is 18.3 Å². The number of aryl methyl sites for hydroxylation is 1. The van der Waals surface area contributed by atoms with Gasteiger partial charge in [-0.15, -0.1) is 0 Å². The molecule has 0 aliphatic heterocycles. The molecule has 8 nitrogen and oxygen atoms in total. The van der Waals surface area contributed by atoms with Crippen LogP contribution in [0.25, 0.3) is 11.3 Å². The number of aromatic carboxylic acids is 1. The van der Waals surface area contributed by atoms with Crippen LogP contribution in [-0.4, -0.2) is 29.5 Å². The smallest absolute Gasteiger partial charge is 0.335 e. The summed E-state index contributed by atoms with van der Waals surface area (Å²) >= 11 is 0. The number of benzene rings is 3. The van der Waals surface area contributed by atoms with E-state index in [-0.39, 0.29) is 10.5 Å². The molecule has 0 saturated heterocycles. The average Bonchev–Trinajstić information content (AvgIpc) is 2.79. The minimum Gasteiger partial charge on any atom is -0.478 e. The molecule has 3 N–H and O–H groups in total. The molecule has 4 aromatic rings. The Labute approximate surface area is 191 Å². The lowest BCUT2D eigenvalue weighted by Gasteiger charge is -2.12. The van der Waals surface area contributed by atoms with E-state index in [1.807, 2.05) is 36.4 Å². The van der Waals surface area contributed by atoms with Gasteiger partial charge in [0.25, 0.3) is 10.0 Å². The summed E-state index contributed by atoms with van der Waals surface area (Å²) < 4.78 is 27.9. The molecule has 0 fully saturated rings. The Balaban J connectivity index is 1.55. The Morgan fingerprint density at radius 1 is 0.848 bits per heavy atom. The number of aromatic nitrogens is 2. The maximum atomic E-state index is 12.7. The highest BCUT2D eigenvalue weighted by Crippen LogP contribution is 2.25. The highest BCUT2D eigenvalue weighted by molar-refractivity contribution is 7.92. The second-order valence-electron chi connectivity index (χ2n) is 7.19. The molecule has 0 unspecified atom stereocenters. The Bertz CT molecular complexity index is 1410. The van der Waals surface area contributed by atoms with Gasteiger partial charge in [0, 0.05) is 17.3 Å². The van der Waals surface area contributed by atoms with Crippen molar-refractivity contribution in [2.45, 2.75) is 11.8 Å². The summed E-state index contributed by atoms with van der Waals surface area (Å²) in [5.41, 5.74) is 2.72. The predicted molar refractivity (Wildman–Crippen MR) is 126 cm³/mol. The van der Waals surface area contributed by atoms with Crippen LogP contribution >= 0.6 is 0 Å². The van der Waals surface area contributed by atoms with Crippen molar-refractivity contribution >= 4 is 33.2 Å². The first-order valence-corrected chi connectivity index (χ1v) is 11.4. The molecule has 0 amide bonds. The lowest BCUT2D eigenvalue weighted by Crippen LogP contribution is -2.13. The summed E-state index contributed by atoms with van der Waals surface area (Å²) in [7, 11) is -3.89. The van der Waals surface area contributed by atoms with Gasteiger partial charge in [-0.05, 0) is 49.4 Å². The number of sulfonamides is 1. The van der Waals surface area contributed by atoms with E-state index < -0.39 is 16.0 Å². The van der Waals surface area contributed by atoms with E-state index in [2.05, 4.69) is 20.0 Å². The van der Waals surface area contributed by atoms with Gasteiger partial charge in [0.05, 0.1) is 21.8 Å².